The predicted octanol–water partition coefficient (Wildman–Crippen LogP) is -0.0590. The highest BCUT2D eigenvalue weighted by molar-refractivity contribution is 5.87. The maximum absolute atomic E-state index is 11.9. The average molecular weight is 340 g/mol. The van der Waals surface area contributed by atoms with Gasteiger partial charge in [0.2, 0.25) is 0 Å². The number of carboxylic acid groups (broad SMARTS) is 1. The van der Waals surface area contributed by atoms with E-state index in [9.17, 15) is 40.7 Å². The predicted molar refractivity (Wildman–Crippen MR) is 55.2 cm³/mol. The van der Waals surface area contributed by atoms with Crippen LogP contribution in [0.3, 0.4) is 0 Å². The quantitative estimate of drug-likeness (QED) is 0.460. The van der Waals surface area contributed by atoms with Crippen LogP contribution in [-0.2, 0) is 19.1 Å². The summed E-state index contributed by atoms with van der Waals surface area (Å²) in [5.41, 5.74) is 4.83. The number of nitrogens with one attached hydrogen (secondary N) is 1. The minimum absolute atomic E-state index is 0.995. The van der Waals surface area contributed by atoms with Crippen molar-refractivity contribution in [2.24, 2.45) is 5.73 Å². The lowest BCUT2D eigenvalue weighted by atomic mass is 10.2. The number of halogens is 6. The second kappa shape index (κ2) is 7.29. The van der Waals surface area contributed by atoms with Gasteiger partial charge in [-0.15, -0.1) is 0 Å². The first-order valence-corrected chi connectivity index (χ1v) is 5.33. The lowest BCUT2D eigenvalue weighted by molar-refractivity contribution is -0.176. The fourth-order valence-corrected chi connectivity index (χ4v) is 1.02. The van der Waals surface area contributed by atoms with E-state index >= 15 is 0 Å². The number of esters is 1. The SMILES string of the molecule is NC(CC(F)(F)F)C(=O)OC[C@H](NC(=O)C(F)(F)F)C(=O)O. The van der Waals surface area contributed by atoms with Gasteiger partial charge >= 0.3 is 30.2 Å². The van der Waals surface area contributed by atoms with Crippen molar-refractivity contribution in [3.63, 3.8) is 0 Å². The summed E-state index contributed by atoms with van der Waals surface area (Å²) in [6.45, 7) is -1.32. The van der Waals surface area contributed by atoms with E-state index in [-0.39, 0.29) is 0 Å². The van der Waals surface area contributed by atoms with Crippen molar-refractivity contribution in [3.8, 4) is 0 Å². The molecule has 0 aromatic rings. The van der Waals surface area contributed by atoms with Crippen molar-refractivity contribution in [1.82, 2.24) is 5.32 Å². The lowest BCUT2D eigenvalue weighted by Crippen LogP contribution is -2.50. The summed E-state index contributed by atoms with van der Waals surface area (Å²) >= 11 is 0. The summed E-state index contributed by atoms with van der Waals surface area (Å²) in [6.07, 6.45) is -11.9. The second-order valence-electron chi connectivity index (χ2n) is 3.92. The second-order valence-corrected chi connectivity index (χ2v) is 3.92. The number of nitrogens with two attached hydrogens (primary N) is 1. The molecule has 22 heavy (non-hydrogen) atoms. The van der Waals surface area contributed by atoms with Gasteiger partial charge in [-0.3, -0.25) is 9.59 Å². The van der Waals surface area contributed by atoms with E-state index in [1.807, 2.05) is 0 Å². The molecule has 4 N–H and O–H groups in total. The highest BCUT2D eigenvalue weighted by Crippen LogP contribution is 2.21. The molecule has 0 aliphatic heterocycles. The first-order chi connectivity index (χ1) is 9.74. The number of amides is 1. The third-order valence-electron chi connectivity index (χ3n) is 2.01. The summed E-state index contributed by atoms with van der Waals surface area (Å²) < 4.78 is 75.6. The van der Waals surface area contributed by atoms with Crippen molar-refractivity contribution >= 4 is 17.8 Å². The Bertz CT molecular complexity index is 435. The molecule has 0 saturated heterocycles. The fourth-order valence-electron chi connectivity index (χ4n) is 1.02. The van der Waals surface area contributed by atoms with Gasteiger partial charge in [0.15, 0.2) is 6.04 Å². The van der Waals surface area contributed by atoms with E-state index < -0.39 is 55.3 Å². The van der Waals surface area contributed by atoms with Crippen LogP contribution in [0.4, 0.5) is 26.3 Å². The molecule has 0 radical (unpaired) electrons. The lowest BCUT2D eigenvalue weighted by Gasteiger charge is -2.18. The molecular weight excluding hydrogens is 330 g/mol. The molecule has 0 rings (SSSR count). The number of hydrogen-bond acceptors (Lipinski definition) is 5. The molecule has 1 unspecified atom stereocenters. The number of carbonyl (C=O) groups is 3. The molecule has 0 bridgehead atoms. The van der Waals surface area contributed by atoms with Gasteiger partial charge in [0.05, 0.1) is 6.42 Å². The van der Waals surface area contributed by atoms with E-state index in [4.69, 9.17) is 10.8 Å². The maximum atomic E-state index is 11.9. The molecule has 128 valence electrons. The summed E-state index contributed by atoms with van der Waals surface area (Å²) in [4.78, 5) is 32.2. The van der Waals surface area contributed by atoms with Gasteiger partial charge in [0, 0.05) is 0 Å². The number of aliphatic carboxylic acids is 1. The standard InChI is InChI=1S/C9H10F6N2O5/c10-8(11,12)1-3(16)6(20)22-2-4(5(18)19)17-7(21)9(13,14)15/h3-4H,1-2,16H2,(H,17,21)(H,18,19)/t3?,4-/m0/s1. The topological polar surface area (TPSA) is 119 Å². The molecular formula is C9H10F6N2O5. The van der Waals surface area contributed by atoms with Crippen LogP contribution in [0, 0.1) is 0 Å². The molecule has 1 amide bonds. The number of rotatable bonds is 6. The Morgan fingerprint density at radius 2 is 1.64 bits per heavy atom. The molecule has 7 nitrogen and oxygen atoms in total. The number of alkyl halides is 6. The Morgan fingerprint density at radius 3 is 2.00 bits per heavy atom. The minimum Gasteiger partial charge on any atom is -0.480 e. The van der Waals surface area contributed by atoms with Crippen LogP contribution in [0.25, 0.3) is 0 Å². The smallest absolute Gasteiger partial charge is 0.471 e. The van der Waals surface area contributed by atoms with E-state index in [1.54, 1.807) is 0 Å². The van der Waals surface area contributed by atoms with Crippen molar-refractivity contribution in [1.29, 1.82) is 0 Å². The Balaban J connectivity index is 4.58. The zero-order valence-corrected chi connectivity index (χ0v) is 10.5. The van der Waals surface area contributed by atoms with Crippen molar-refractivity contribution in [2.75, 3.05) is 6.61 Å². The summed E-state index contributed by atoms with van der Waals surface area (Å²) in [7, 11) is 0. The number of carboxylic acids is 1. The van der Waals surface area contributed by atoms with E-state index in [2.05, 4.69) is 4.74 Å². The van der Waals surface area contributed by atoms with Crippen LogP contribution in [0.1, 0.15) is 6.42 Å². The molecule has 13 heteroatoms. The van der Waals surface area contributed by atoms with Crippen molar-refractivity contribution < 1.29 is 50.6 Å². The molecule has 0 aliphatic carbocycles. The summed E-state index contributed by atoms with van der Waals surface area (Å²) in [5.74, 6) is -6.28. The van der Waals surface area contributed by atoms with Crippen LogP contribution in [-0.4, -0.2) is 54.0 Å². The van der Waals surface area contributed by atoms with E-state index in [0.717, 1.165) is 5.32 Å². The molecule has 0 spiro atoms. The Kier molecular flexibility index (Phi) is 6.61. The normalized spacial score (nSPS) is 14.9. The third-order valence-corrected chi connectivity index (χ3v) is 2.01. The van der Waals surface area contributed by atoms with Gasteiger partial charge in [0.1, 0.15) is 12.6 Å². The van der Waals surface area contributed by atoms with Gasteiger partial charge in [-0.05, 0) is 0 Å². The average Bonchev–Trinajstić information content (AvgIpc) is 2.29. The van der Waals surface area contributed by atoms with E-state index in [0.29, 0.717) is 0 Å². The summed E-state index contributed by atoms with van der Waals surface area (Å²) in [6, 6.07) is -4.47. The van der Waals surface area contributed by atoms with Gasteiger partial charge in [0.25, 0.3) is 0 Å². The van der Waals surface area contributed by atoms with Gasteiger partial charge < -0.3 is 20.9 Å². The van der Waals surface area contributed by atoms with Crippen LogP contribution in [0.2, 0.25) is 0 Å². The summed E-state index contributed by atoms with van der Waals surface area (Å²) in [5, 5.41) is 9.54. The number of carbonyl (C=O) groups excluding carboxylic acids is 2. The fraction of sp³-hybridized carbons (Fsp3) is 0.667. The largest absolute Gasteiger partial charge is 0.480 e. The van der Waals surface area contributed by atoms with Gasteiger partial charge in [-0.1, -0.05) is 0 Å². The first kappa shape index (κ1) is 19.9. The highest BCUT2D eigenvalue weighted by Gasteiger charge is 2.41. The zero-order chi connectivity index (χ0) is 17.7. The Morgan fingerprint density at radius 1 is 1.14 bits per heavy atom. The molecule has 0 aromatic heterocycles. The Hall–Kier alpha value is -2.05. The Labute approximate surface area is 118 Å². The number of ether oxygens (including phenoxy) is 1. The third kappa shape index (κ3) is 7.66. The van der Waals surface area contributed by atoms with Crippen LogP contribution in [0.5, 0.6) is 0 Å². The molecule has 0 heterocycles. The molecule has 0 aliphatic rings. The van der Waals surface area contributed by atoms with Gasteiger partial charge in [-0.2, -0.15) is 26.3 Å². The molecule has 0 aromatic carbocycles. The highest BCUT2D eigenvalue weighted by atomic mass is 19.4. The van der Waals surface area contributed by atoms with Crippen molar-refractivity contribution in [2.45, 2.75) is 30.9 Å². The van der Waals surface area contributed by atoms with Crippen LogP contribution in [0.15, 0.2) is 0 Å². The van der Waals surface area contributed by atoms with E-state index in [1.165, 1.54) is 0 Å². The van der Waals surface area contributed by atoms with Crippen LogP contribution >= 0.6 is 0 Å². The molecule has 2 atom stereocenters. The van der Waals surface area contributed by atoms with Crippen LogP contribution < -0.4 is 11.1 Å². The minimum atomic E-state index is -5.38. The zero-order valence-electron chi connectivity index (χ0n) is 10.5. The van der Waals surface area contributed by atoms with Gasteiger partial charge in [-0.25, -0.2) is 4.79 Å². The monoisotopic (exact) mass is 340 g/mol. The van der Waals surface area contributed by atoms with Crippen molar-refractivity contribution in [3.05, 3.63) is 0 Å². The molecule has 0 saturated carbocycles. The molecule has 0 fully saturated rings. The first-order valence-electron chi connectivity index (χ1n) is 5.33. The number of hydrogen-bond donors (Lipinski definition) is 3. The maximum Gasteiger partial charge on any atom is 0.471 e.